The van der Waals surface area contributed by atoms with Gasteiger partial charge in [-0.05, 0) is 46.2 Å². The van der Waals surface area contributed by atoms with Gasteiger partial charge in [-0.2, -0.15) is 0 Å². The molecule has 19 heavy (non-hydrogen) atoms. The van der Waals surface area contributed by atoms with Crippen molar-refractivity contribution in [1.29, 1.82) is 0 Å². The molecule has 0 amide bonds. The number of hydrogen-bond acceptors (Lipinski definition) is 5. The lowest BCUT2D eigenvalue weighted by atomic mass is 10.5. The molecule has 7 heteroatoms. The minimum Gasteiger partial charge on any atom is -0.354 e. The van der Waals surface area contributed by atoms with Crippen LogP contribution < -0.4 is 5.32 Å². The SMILES string of the molecule is CCCNc1ncc(F)c(Sc2ccc(Br)cn2)n1. The van der Waals surface area contributed by atoms with Crippen LogP contribution >= 0.6 is 27.7 Å². The number of aromatic nitrogens is 3. The fourth-order valence-corrected chi connectivity index (χ4v) is 2.22. The predicted octanol–water partition coefficient (Wildman–Crippen LogP) is 3.75. The Morgan fingerprint density at radius 2 is 2.16 bits per heavy atom. The van der Waals surface area contributed by atoms with Crippen LogP contribution in [-0.2, 0) is 0 Å². The third kappa shape index (κ3) is 4.14. The van der Waals surface area contributed by atoms with E-state index in [2.05, 4.69) is 36.2 Å². The van der Waals surface area contributed by atoms with Gasteiger partial charge >= 0.3 is 0 Å². The maximum Gasteiger partial charge on any atom is 0.223 e. The molecular formula is C12H12BrFN4S. The number of halogens is 2. The van der Waals surface area contributed by atoms with Gasteiger partial charge in [-0.3, -0.25) is 0 Å². The summed E-state index contributed by atoms with van der Waals surface area (Å²) in [5, 5.41) is 3.98. The third-order valence-corrected chi connectivity index (χ3v) is 3.55. The second-order valence-corrected chi connectivity index (χ2v) is 5.61. The first-order valence-corrected chi connectivity index (χ1v) is 7.36. The van der Waals surface area contributed by atoms with Crippen LogP contribution in [-0.4, -0.2) is 21.5 Å². The van der Waals surface area contributed by atoms with E-state index in [1.807, 2.05) is 13.0 Å². The number of nitrogens with zero attached hydrogens (tertiary/aromatic N) is 3. The van der Waals surface area contributed by atoms with Crippen molar-refractivity contribution >= 4 is 33.6 Å². The van der Waals surface area contributed by atoms with Gasteiger partial charge in [0.15, 0.2) is 5.82 Å². The summed E-state index contributed by atoms with van der Waals surface area (Å²) in [5.41, 5.74) is 0. The number of pyridine rings is 1. The number of anilines is 1. The van der Waals surface area contributed by atoms with Crippen molar-refractivity contribution in [3.63, 3.8) is 0 Å². The Hall–Kier alpha value is -1.21. The van der Waals surface area contributed by atoms with E-state index in [1.165, 1.54) is 18.0 Å². The zero-order valence-corrected chi connectivity index (χ0v) is 12.6. The standard InChI is InChI=1S/C12H12BrFN4S/c1-2-5-15-12-17-7-9(14)11(18-12)19-10-4-3-8(13)6-16-10/h3-4,6-7H,2,5H2,1H3,(H,15,17,18). The molecule has 0 saturated heterocycles. The molecule has 0 radical (unpaired) electrons. The van der Waals surface area contributed by atoms with Crippen LogP contribution in [0.1, 0.15) is 13.3 Å². The van der Waals surface area contributed by atoms with Crippen molar-refractivity contribution in [1.82, 2.24) is 15.0 Å². The monoisotopic (exact) mass is 342 g/mol. The molecule has 0 spiro atoms. The minimum atomic E-state index is -0.447. The fourth-order valence-electron chi connectivity index (χ4n) is 1.27. The fraction of sp³-hybridized carbons (Fsp3) is 0.250. The Bertz CT molecular complexity index is 550. The Kier molecular flexibility index (Phi) is 5.09. The van der Waals surface area contributed by atoms with Gasteiger partial charge in [0.1, 0.15) is 10.1 Å². The smallest absolute Gasteiger partial charge is 0.223 e. The molecular weight excluding hydrogens is 331 g/mol. The highest BCUT2D eigenvalue weighted by molar-refractivity contribution is 9.10. The summed E-state index contributed by atoms with van der Waals surface area (Å²) in [4.78, 5) is 12.2. The van der Waals surface area contributed by atoms with E-state index in [0.717, 1.165) is 17.4 Å². The van der Waals surface area contributed by atoms with Crippen LogP contribution in [0.2, 0.25) is 0 Å². The van der Waals surface area contributed by atoms with Gasteiger partial charge in [-0.15, -0.1) is 0 Å². The number of hydrogen-bond donors (Lipinski definition) is 1. The normalized spacial score (nSPS) is 10.5. The predicted molar refractivity (Wildman–Crippen MR) is 76.8 cm³/mol. The molecule has 0 bridgehead atoms. The molecule has 0 aliphatic heterocycles. The van der Waals surface area contributed by atoms with Gasteiger partial charge in [0.25, 0.3) is 0 Å². The maximum atomic E-state index is 13.6. The lowest BCUT2D eigenvalue weighted by Crippen LogP contribution is -2.05. The molecule has 4 nitrogen and oxygen atoms in total. The third-order valence-electron chi connectivity index (χ3n) is 2.15. The van der Waals surface area contributed by atoms with Gasteiger partial charge in [-0.25, -0.2) is 19.3 Å². The van der Waals surface area contributed by atoms with Gasteiger partial charge < -0.3 is 5.32 Å². The second-order valence-electron chi connectivity index (χ2n) is 3.69. The van der Waals surface area contributed by atoms with E-state index >= 15 is 0 Å². The molecule has 2 rings (SSSR count). The van der Waals surface area contributed by atoms with Crippen molar-refractivity contribution in [3.8, 4) is 0 Å². The van der Waals surface area contributed by atoms with E-state index in [0.29, 0.717) is 11.0 Å². The molecule has 2 heterocycles. The first-order chi connectivity index (χ1) is 9.19. The van der Waals surface area contributed by atoms with E-state index in [9.17, 15) is 4.39 Å². The summed E-state index contributed by atoms with van der Waals surface area (Å²) >= 11 is 4.48. The Morgan fingerprint density at radius 1 is 1.32 bits per heavy atom. The molecule has 0 saturated carbocycles. The van der Waals surface area contributed by atoms with Crippen LogP contribution in [0.25, 0.3) is 0 Å². The highest BCUT2D eigenvalue weighted by atomic mass is 79.9. The van der Waals surface area contributed by atoms with Crippen molar-refractivity contribution in [3.05, 3.63) is 34.8 Å². The molecule has 0 aliphatic carbocycles. The van der Waals surface area contributed by atoms with E-state index in [1.54, 1.807) is 12.3 Å². The molecule has 0 unspecified atom stereocenters. The molecule has 100 valence electrons. The first kappa shape index (κ1) is 14.2. The zero-order chi connectivity index (χ0) is 13.7. The van der Waals surface area contributed by atoms with Crippen molar-refractivity contribution in [2.75, 3.05) is 11.9 Å². The van der Waals surface area contributed by atoms with E-state index in [-0.39, 0.29) is 5.03 Å². The summed E-state index contributed by atoms with van der Waals surface area (Å²) in [6.07, 6.45) is 3.79. The van der Waals surface area contributed by atoms with Gasteiger partial charge in [0, 0.05) is 17.2 Å². The molecule has 0 fully saturated rings. The Balaban J connectivity index is 2.16. The molecule has 2 aromatic rings. The van der Waals surface area contributed by atoms with Gasteiger partial charge in [-0.1, -0.05) is 6.92 Å². The highest BCUT2D eigenvalue weighted by Crippen LogP contribution is 2.27. The number of rotatable bonds is 5. The summed E-state index contributed by atoms with van der Waals surface area (Å²) in [7, 11) is 0. The second kappa shape index (κ2) is 6.81. The molecule has 0 aliphatic rings. The van der Waals surface area contributed by atoms with Crippen LogP contribution in [0, 0.1) is 5.82 Å². The molecule has 1 N–H and O–H groups in total. The molecule has 2 aromatic heterocycles. The van der Waals surface area contributed by atoms with E-state index in [4.69, 9.17) is 0 Å². The zero-order valence-electron chi connectivity index (χ0n) is 10.2. The molecule has 0 atom stereocenters. The average Bonchev–Trinajstić information content (AvgIpc) is 2.42. The van der Waals surface area contributed by atoms with Crippen LogP contribution in [0.15, 0.2) is 39.1 Å². The van der Waals surface area contributed by atoms with Crippen LogP contribution in [0.5, 0.6) is 0 Å². The summed E-state index contributed by atoms with van der Waals surface area (Å²) in [6, 6.07) is 3.65. The van der Waals surface area contributed by atoms with Crippen molar-refractivity contribution < 1.29 is 4.39 Å². The largest absolute Gasteiger partial charge is 0.354 e. The van der Waals surface area contributed by atoms with Crippen LogP contribution in [0.4, 0.5) is 10.3 Å². The minimum absolute atomic E-state index is 0.267. The number of nitrogens with one attached hydrogen (secondary N) is 1. The summed E-state index contributed by atoms with van der Waals surface area (Å²) < 4.78 is 14.5. The highest BCUT2D eigenvalue weighted by Gasteiger charge is 2.09. The lowest BCUT2D eigenvalue weighted by molar-refractivity contribution is 0.579. The maximum absolute atomic E-state index is 13.6. The Labute approximate surface area is 123 Å². The van der Waals surface area contributed by atoms with Crippen molar-refractivity contribution in [2.24, 2.45) is 0 Å². The summed E-state index contributed by atoms with van der Waals surface area (Å²) in [5.74, 6) is -0.0142. The Morgan fingerprint density at radius 3 is 2.84 bits per heavy atom. The molecule has 0 aromatic carbocycles. The van der Waals surface area contributed by atoms with Crippen molar-refractivity contribution in [2.45, 2.75) is 23.4 Å². The van der Waals surface area contributed by atoms with Gasteiger partial charge in [0.05, 0.1) is 6.20 Å². The quantitative estimate of drug-likeness (QED) is 0.838. The lowest BCUT2D eigenvalue weighted by Gasteiger charge is -2.06. The average molecular weight is 343 g/mol. The first-order valence-electron chi connectivity index (χ1n) is 5.75. The van der Waals surface area contributed by atoms with E-state index < -0.39 is 5.82 Å². The topological polar surface area (TPSA) is 50.7 Å². The van der Waals surface area contributed by atoms with Gasteiger partial charge in [0.2, 0.25) is 5.95 Å². The summed E-state index contributed by atoms with van der Waals surface area (Å²) in [6.45, 7) is 2.80. The van der Waals surface area contributed by atoms with Crippen LogP contribution in [0.3, 0.4) is 0 Å².